The summed E-state index contributed by atoms with van der Waals surface area (Å²) >= 11 is 0. The third kappa shape index (κ3) is 3.92. The lowest BCUT2D eigenvalue weighted by Gasteiger charge is -2.13. The molecule has 1 aliphatic rings. The van der Waals surface area contributed by atoms with Gasteiger partial charge in [0.05, 0.1) is 13.0 Å². The van der Waals surface area contributed by atoms with E-state index in [1.165, 1.54) is 12.7 Å². The lowest BCUT2D eigenvalue weighted by Crippen LogP contribution is -2.05. The Labute approximate surface area is 137 Å². The smallest absolute Gasteiger partial charge is 0.308 e. The molecule has 0 spiro atoms. The van der Waals surface area contributed by atoms with Crippen molar-refractivity contribution in [1.82, 2.24) is 0 Å². The minimum absolute atomic E-state index is 0.0613. The van der Waals surface area contributed by atoms with Crippen LogP contribution in [0.5, 0.6) is 11.5 Å². The number of ether oxygens (including phenoxy) is 2. The number of para-hydroxylation sites is 1. The summed E-state index contributed by atoms with van der Waals surface area (Å²) in [5.41, 5.74) is 1.28. The quantitative estimate of drug-likeness (QED) is 0.720. The van der Waals surface area contributed by atoms with Crippen LogP contribution < -0.4 is 4.74 Å². The van der Waals surface area contributed by atoms with Crippen LogP contribution in [-0.4, -0.2) is 13.1 Å². The van der Waals surface area contributed by atoms with Gasteiger partial charge in [-0.05, 0) is 54.5 Å². The molecule has 0 saturated heterocycles. The van der Waals surface area contributed by atoms with Crippen molar-refractivity contribution in [2.24, 2.45) is 11.8 Å². The molecule has 2 aromatic rings. The van der Waals surface area contributed by atoms with Crippen LogP contribution >= 0.6 is 0 Å². The van der Waals surface area contributed by atoms with Gasteiger partial charge >= 0.3 is 5.97 Å². The van der Waals surface area contributed by atoms with Gasteiger partial charge in [0, 0.05) is 0 Å². The Bertz CT molecular complexity index is 648. The number of methoxy groups -OCH3 is 1. The van der Waals surface area contributed by atoms with Crippen LogP contribution in [0.15, 0.2) is 54.6 Å². The third-order valence-corrected chi connectivity index (χ3v) is 4.51. The van der Waals surface area contributed by atoms with Gasteiger partial charge in [0.15, 0.2) is 0 Å². The largest absolute Gasteiger partial charge is 0.469 e. The summed E-state index contributed by atoms with van der Waals surface area (Å²) in [5.74, 6) is 2.63. The van der Waals surface area contributed by atoms with Crippen molar-refractivity contribution in [3.05, 3.63) is 60.2 Å². The minimum atomic E-state index is -0.0613. The SMILES string of the molecule is COC(=O)C1CC1CC(C)c1ccc(Oc2ccccc2)cc1. The molecule has 3 nitrogen and oxygen atoms in total. The Balaban J connectivity index is 1.56. The molecule has 0 heterocycles. The summed E-state index contributed by atoms with van der Waals surface area (Å²) in [7, 11) is 1.46. The highest BCUT2D eigenvalue weighted by atomic mass is 16.5. The normalized spacial score (nSPS) is 20.6. The van der Waals surface area contributed by atoms with Gasteiger partial charge in [0.2, 0.25) is 0 Å². The maximum atomic E-state index is 11.5. The van der Waals surface area contributed by atoms with E-state index in [-0.39, 0.29) is 11.9 Å². The van der Waals surface area contributed by atoms with Crippen molar-refractivity contribution in [2.75, 3.05) is 7.11 Å². The Morgan fingerprint density at radius 3 is 2.39 bits per heavy atom. The van der Waals surface area contributed by atoms with Crippen LogP contribution in [0, 0.1) is 11.8 Å². The van der Waals surface area contributed by atoms with E-state index in [4.69, 9.17) is 9.47 Å². The van der Waals surface area contributed by atoms with E-state index in [0.29, 0.717) is 11.8 Å². The minimum Gasteiger partial charge on any atom is -0.469 e. The fraction of sp³-hybridized carbons (Fsp3) is 0.350. The summed E-state index contributed by atoms with van der Waals surface area (Å²) in [5, 5.41) is 0. The molecule has 3 heteroatoms. The lowest BCUT2D eigenvalue weighted by molar-refractivity contribution is -0.142. The highest BCUT2D eigenvalue weighted by Crippen LogP contribution is 2.45. The van der Waals surface area contributed by atoms with Crippen molar-refractivity contribution in [3.63, 3.8) is 0 Å². The van der Waals surface area contributed by atoms with Gasteiger partial charge in [-0.2, -0.15) is 0 Å². The summed E-state index contributed by atoms with van der Waals surface area (Å²) in [6, 6.07) is 18.0. The van der Waals surface area contributed by atoms with Crippen LogP contribution in [-0.2, 0) is 9.53 Å². The van der Waals surface area contributed by atoms with Crippen LogP contribution in [0.2, 0.25) is 0 Å². The standard InChI is InChI=1S/C20H22O3/c1-14(12-16-13-19(16)20(21)22-2)15-8-10-18(11-9-15)23-17-6-4-3-5-7-17/h3-11,14,16,19H,12-13H2,1-2H3. The molecule has 1 aliphatic carbocycles. The van der Waals surface area contributed by atoms with Crippen LogP contribution in [0.4, 0.5) is 0 Å². The first-order valence-corrected chi connectivity index (χ1v) is 8.08. The van der Waals surface area contributed by atoms with E-state index in [1.54, 1.807) is 0 Å². The fourth-order valence-electron chi connectivity index (χ4n) is 3.03. The number of rotatable bonds is 6. The molecule has 3 rings (SSSR count). The number of carbonyl (C=O) groups excluding carboxylic acids is 1. The number of esters is 1. The zero-order valence-electron chi connectivity index (χ0n) is 13.6. The molecule has 120 valence electrons. The van der Waals surface area contributed by atoms with Gasteiger partial charge in [-0.25, -0.2) is 0 Å². The topological polar surface area (TPSA) is 35.5 Å². The molecule has 0 aliphatic heterocycles. The molecule has 1 saturated carbocycles. The predicted octanol–water partition coefficient (Wildman–Crippen LogP) is 4.78. The van der Waals surface area contributed by atoms with Gasteiger partial charge in [0.1, 0.15) is 11.5 Å². The first kappa shape index (κ1) is 15.6. The molecular weight excluding hydrogens is 288 g/mol. The molecule has 0 radical (unpaired) electrons. The highest BCUT2D eigenvalue weighted by molar-refractivity contribution is 5.75. The summed E-state index contributed by atoms with van der Waals surface area (Å²) in [4.78, 5) is 11.5. The van der Waals surface area contributed by atoms with Crippen molar-refractivity contribution in [3.8, 4) is 11.5 Å². The molecule has 0 amide bonds. The Hall–Kier alpha value is -2.29. The van der Waals surface area contributed by atoms with Crippen LogP contribution in [0.25, 0.3) is 0 Å². The van der Waals surface area contributed by atoms with Crippen molar-refractivity contribution in [1.29, 1.82) is 0 Å². The van der Waals surface area contributed by atoms with E-state index in [1.807, 2.05) is 42.5 Å². The number of hydrogen-bond donors (Lipinski definition) is 0. The van der Waals surface area contributed by atoms with Gasteiger partial charge in [0.25, 0.3) is 0 Å². The van der Waals surface area contributed by atoms with E-state index in [9.17, 15) is 4.79 Å². The summed E-state index contributed by atoms with van der Waals surface area (Å²) < 4.78 is 10.6. The third-order valence-electron chi connectivity index (χ3n) is 4.51. The average molecular weight is 310 g/mol. The predicted molar refractivity (Wildman–Crippen MR) is 89.6 cm³/mol. The zero-order valence-corrected chi connectivity index (χ0v) is 13.6. The molecule has 23 heavy (non-hydrogen) atoms. The first-order chi connectivity index (χ1) is 11.2. The Morgan fingerprint density at radius 1 is 1.09 bits per heavy atom. The molecule has 0 aromatic heterocycles. The van der Waals surface area contributed by atoms with E-state index in [0.717, 1.165) is 24.3 Å². The van der Waals surface area contributed by atoms with Crippen molar-refractivity contribution < 1.29 is 14.3 Å². The van der Waals surface area contributed by atoms with Crippen LogP contribution in [0.1, 0.15) is 31.2 Å². The second-order valence-corrected chi connectivity index (χ2v) is 6.25. The molecule has 3 atom stereocenters. The Kier molecular flexibility index (Phi) is 4.65. The Morgan fingerprint density at radius 2 is 1.74 bits per heavy atom. The summed E-state index contributed by atoms with van der Waals surface area (Å²) in [6.45, 7) is 2.21. The second kappa shape index (κ2) is 6.86. The van der Waals surface area contributed by atoms with E-state index in [2.05, 4.69) is 19.1 Å². The average Bonchev–Trinajstić information content (AvgIpc) is 3.35. The molecular formula is C20H22O3. The van der Waals surface area contributed by atoms with Crippen molar-refractivity contribution >= 4 is 5.97 Å². The molecule has 2 aromatic carbocycles. The maximum Gasteiger partial charge on any atom is 0.308 e. The molecule has 0 bridgehead atoms. The van der Waals surface area contributed by atoms with Gasteiger partial charge in [-0.1, -0.05) is 37.3 Å². The fourth-order valence-corrected chi connectivity index (χ4v) is 3.03. The van der Waals surface area contributed by atoms with Gasteiger partial charge in [-0.15, -0.1) is 0 Å². The highest BCUT2D eigenvalue weighted by Gasteiger charge is 2.44. The number of hydrogen-bond acceptors (Lipinski definition) is 3. The molecule has 0 N–H and O–H groups in total. The van der Waals surface area contributed by atoms with Crippen LogP contribution in [0.3, 0.4) is 0 Å². The van der Waals surface area contributed by atoms with Gasteiger partial charge in [-0.3, -0.25) is 4.79 Å². The maximum absolute atomic E-state index is 11.5. The van der Waals surface area contributed by atoms with Crippen molar-refractivity contribution in [2.45, 2.75) is 25.7 Å². The zero-order chi connectivity index (χ0) is 16.2. The molecule has 3 unspecified atom stereocenters. The van der Waals surface area contributed by atoms with Gasteiger partial charge < -0.3 is 9.47 Å². The molecule has 1 fully saturated rings. The van der Waals surface area contributed by atoms with E-state index >= 15 is 0 Å². The monoisotopic (exact) mass is 310 g/mol. The van der Waals surface area contributed by atoms with E-state index < -0.39 is 0 Å². The number of carbonyl (C=O) groups is 1. The lowest BCUT2D eigenvalue weighted by atomic mass is 9.95. The first-order valence-electron chi connectivity index (χ1n) is 8.08. The summed E-state index contributed by atoms with van der Waals surface area (Å²) in [6.07, 6.45) is 1.99. The second-order valence-electron chi connectivity index (χ2n) is 6.25. The number of benzene rings is 2.